The third-order valence-electron chi connectivity index (χ3n) is 1.95. The van der Waals surface area contributed by atoms with Crippen molar-refractivity contribution >= 4 is 6.21 Å². The van der Waals surface area contributed by atoms with Crippen LogP contribution in [0.3, 0.4) is 0 Å². The summed E-state index contributed by atoms with van der Waals surface area (Å²) in [5, 5.41) is 36.5. The van der Waals surface area contributed by atoms with E-state index >= 15 is 0 Å². The van der Waals surface area contributed by atoms with Crippen molar-refractivity contribution in [2.75, 3.05) is 0 Å². The van der Waals surface area contributed by atoms with Gasteiger partial charge in [-0.3, -0.25) is 4.99 Å². The molecule has 0 unspecified atom stereocenters. The van der Waals surface area contributed by atoms with Crippen molar-refractivity contribution in [3.8, 4) is 0 Å². The van der Waals surface area contributed by atoms with Crippen LogP contribution in [0.2, 0.25) is 0 Å². The van der Waals surface area contributed by atoms with Crippen molar-refractivity contribution in [1.29, 1.82) is 0 Å². The van der Waals surface area contributed by atoms with E-state index in [9.17, 15) is 5.11 Å². The van der Waals surface area contributed by atoms with E-state index in [2.05, 4.69) is 4.99 Å². The van der Waals surface area contributed by atoms with Crippen molar-refractivity contribution < 1.29 is 20.4 Å². The average Bonchev–Trinajstić information content (AvgIpc) is 2.00. The van der Waals surface area contributed by atoms with Crippen LogP contribution in [0.5, 0.6) is 0 Å². The van der Waals surface area contributed by atoms with Crippen molar-refractivity contribution in [2.45, 2.75) is 37.4 Å². The number of aliphatic imine (C=N–C) groups is 1. The summed E-state index contributed by atoms with van der Waals surface area (Å²) in [4.78, 5) is 3.71. The standard InChI is InChI=1S/C7H13NO4/c1-3(9)5-7(12)6(11)4(10)2-8-5/h2-7,9-12H,1H3/t3-,4+,5-,6-,7-/m1/s1. The van der Waals surface area contributed by atoms with Crippen molar-refractivity contribution in [3.63, 3.8) is 0 Å². The number of hydrogen-bond acceptors (Lipinski definition) is 5. The Bertz CT molecular complexity index is 182. The Kier molecular flexibility index (Phi) is 2.79. The van der Waals surface area contributed by atoms with Gasteiger partial charge in [0.1, 0.15) is 24.4 Å². The van der Waals surface area contributed by atoms with E-state index in [-0.39, 0.29) is 0 Å². The summed E-state index contributed by atoms with van der Waals surface area (Å²) in [6.07, 6.45) is -3.31. The molecule has 0 aromatic carbocycles. The predicted octanol–water partition coefficient (Wildman–Crippen LogP) is -2.10. The Morgan fingerprint density at radius 3 is 2.33 bits per heavy atom. The van der Waals surface area contributed by atoms with Crippen molar-refractivity contribution in [2.24, 2.45) is 4.99 Å². The van der Waals surface area contributed by atoms with E-state index in [1.165, 1.54) is 6.92 Å². The molecule has 0 saturated carbocycles. The molecular formula is C7H13NO4. The maximum absolute atomic E-state index is 9.29. The van der Waals surface area contributed by atoms with Crippen LogP contribution in [-0.4, -0.2) is 57.1 Å². The molecule has 0 amide bonds. The van der Waals surface area contributed by atoms with Gasteiger partial charge in [-0.1, -0.05) is 0 Å². The Labute approximate surface area is 70.0 Å². The van der Waals surface area contributed by atoms with E-state index < -0.39 is 30.5 Å². The molecule has 0 aromatic rings. The van der Waals surface area contributed by atoms with E-state index in [4.69, 9.17) is 15.3 Å². The molecule has 0 fully saturated rings. The molecule has 4 N–H and O–H groups in total. The molecular weight excluding hydrogens is 162 g/mol. The predicted molar refractivity (Wildman–Crippen MR) is 42.0 cm³/mol. The van der Waals surface area contributed by atoms with E-state index in [1.807, 2.05) is 0 Å². The lowest BCUT2D eigenvalue weighted by Gasteiger charge is -2.31. The van der Waals surface area contributed by atoms with Gasteiger partial charge in [0.2, 0.25) is 0 Å². The van der Waals surface area contributed by atoms with Gasteiger partial charge in [-0.15, -0.1) is 0 Å². The highest BCUT2D eigenvalue weighted by atomic mass is 16.4. The number of aliphatic hydroxyl groups excluding tert-OH is 4. The Morgan fingerprint density at radius 2 is 1.83 bits per heavy atom. The lowest BCUT2D eigenvalue weighted by Crippen LogP contribution is -2.51. The van der Waals surface area contributed by atoms with Crippen LogP contribution in [0.25, 0.3) is 0 Å². The van der Waals surface area contributed by atoms with Crippen LogP contribution < -0.4 is 0 Å². The van der Waals surface area contributed by atoms with E-state index in [0.717, 1.165) is 6.21 Å². The molecule has 1 heterocycles. The van der Waals surface area contributed by atoms with Crippen LogP contribution in [0.15, 0.2) is 4.99 Å². The van der Waals surface area contributed by atoms with Gasteiger partial charge in [0.15, 0.2) is 0 Å². The second kappa shape index (κ2) is 3.49. The van der Waals surface area contributed by atoms with Gasteiger partial charge in [-0.2, -0.15) is 0 Å². The zero-order valence-corrected chi connectivity index (χ0v) is 6.70. The molecule has 0 aromatic heterocycles. The van der Waals surface area contributed by atoms with E-state index in [0.29, 0.717) is 0 Å². The zero-order valence-electron chi connectivity index (χ0n) is 6.70. The van der Waals surface area contributed by atoms with Gasteiger partial charge in [-0.25, -0.2) is 0 Å². The van der Waals surface area contributed by atoms with Gasteiger partial charge in [0, 0.05) is 6.21 Å². The molecule has 0 radical (unpaired) electrons. The van der Waals surface area contributed by atoms with Gasteiger partial charge in [0.05, 0.1) is 6.10 Å². The topological polar surface area (TPSA) is 93.3 Å². The summed E-state index contributed by atoms with van der Waals surface area (Å²) in [6, 6.07) is -0.747. The first-order valence-corrected chi connectivity index (χ1v) is 3.79. The fourth-order valence-corrected chi connectivity index (χ4v) is 1.18. The minimum absolute atomic E-state index is 0.747. The summed E-state index contributed by atoms with van der Waals surface area (Å²) in [6.45, 7) is 1.47. The Morgan fingerprint density at radius 1 is 1.25 bits per heavy atom. The fraction of sp³-hybridized carbons (Fsp3) is 0.857. The van der Waals surface area contributed by atoms with Crippen LogP contribution >= 0.6 is 0 Å². The Balaban J connectivity index is 2.74. The second-order valence-electron chi connectivity index (χ2n) is 3.00. The van der Waals surface area contributed by atoms with Crippen molar-refractivity contribution in [3.05, 3.63) is 0 Å². The molecule has 12 heavy (non-hydrogen) atoms. The first-order valence-electron chi connectivity index (χ1n) is 3.79. The number of rotatable bonds is 1. The van der Waals surface area contributed by atoms with Crippen molar-refractivity contribution in [1.82, 2.24) is 0 Å². The highest BCUT2D eigenvalue weighted by Crippen LogP contribution is 2.15. The summed E-state index contributed by atoms with van der Waals surface area (Å²) >= 11 is 0. The van der Waals surface area contributed by atoms with Crippen LogP contribution in [0.4, 0.5) is 0 Å². The lowest BCUT2D eigenvalue weighted by molar-refractivity contribution is -0.0668. The summed E-state index contributed by atoms with van der Waals surface area (Å²) in [7, 11) is 0. The molecule has 0 aliphatic carbocycles. The zero-order chi connectivity index (χ0) is 9.30. The normalized spacial score (nSPS) is 44.4. The van der Waals surface area contributed by atoms with Gasteiger partial charge >= 0.3 is 0 Å². The summed E-state index contributed by atoms with van der Waals surface area (Å²) < 4.78 is 0. The lowest BCUT2D eigenvalue weighted by atomic mass is 9.95. The van der Waals surface area contributed by atoms with Gasteiger partial charge in [0.25, 0.3) is 0 Å². The molecule has 0 spiro atoms. The number of aliphatic hydroxyl groups is 4. The maximum Gasteiger partial charge on any atom is 0.117 e. The molecule has 5 heteroatoms. The highest BCUT2D eigenvalue weighted by Gasteiger charge is 2.36. The number of hydrogen-bond donors (Lipinski definition) is 4. The molecule has 1 aliphatic heterocycles. The second-order valence-corrected chi connectivity index (χ2v) is 3.00. The smallest absolute Gasteiger partial charge is 0.117 e. The minimum atomic E-state index is -1.26. The molecule has 1 aliphatic rings. The Hall–Kier alpha value is -0.490. The minimum Gasteiger partial charge on any atom is -0.391 e. The number of nitrogens with zero attached hydrogens (tertiary/aromatic N) is 1. The van der Waals surface area contributed by atoms with E-state index in [1.54, 1.807) is 0 Å². The third kappa shape index (κ3) is 1.64. The van der Waals surface area contributed by atoms with Crippen LogP contribution in [-0.2, 0) is 0 Å². The highest BCUT2D eigenvalue weighted by molar-refractivity contribution is 5.65. The first kappa shape index (κ1) is 9.60. The third-order valence-corrected chi connectivity index (χ3v) is 1.95. The molecule has 0 saturated heterocycles. The largest absolute Gasteiger partial charge is 0.391 e. The summed E-state index contributed by atoms with van der Waals surface area (Å²) in [5.74, 6) is 0. The van der Waals surface area contributed by atoms with Gasteiger partial charge < -0.3 is 20.4 Å². The van der Waals surface area contributed by atoms with Crippen LogP contribution in [0, 0.1) is 0 Å². The first-order chi connectivity index (χ1) is 5.54. The quantitative estimate of drug-likeness (QED) is 0.367. The van der Waals surface area contributed by atoms with Gasteiger partial charge in [-0.05, 0) is 6.92 Å². The molecule has 5 nitrogen and oxygen atoms in total. The fourth-order valence-electron chi connectivity index (χ4n) is 1.18. The molecule has 5 atom stereocenters. The van der Waals surface area contributed by atoms with Crippen LogP contribution in [0.1, 0.15) is 6.92 Å². The molecule has 1 rings (SSSR count). The molecule has 70 valence electrons. The monoisotopic (exact) mass is 175 g/mol. The SMILES string of the molecule is C[C@@H](O)[C@H]1N=C[C@H](O)[C@@H](O)[C@@H]1O. The molecule has 0 bridgehead atoms. The average molecular weight is 175 g/mol. The summed E-state index contributed by atoms with van der Waals surface area (Å²) in [5.41, 5.74) is 0. The maximum atomic E-state index is 9.29.